The zero-order valence-corrected chi connectivity index (χ0v) is 22.1. The second kappa shape index (κ2) is 17.0. The van der Waals surface area contributed by atoms with Crippen LogP contribution in [-0.2, 0) is 0 Å². The van der Waals surface area contributed by atoms with Crippen LogP contribution in [0.1, 0.15) is 110 Å². The maximum atomic E-state index is 13.0. The van der Waals surface area contributed by atoms with Crippen LogP contribution in [0.5, 0.6) is 0 Å². The zero-order chi connectivity index (χ0) is 24.6. The molecule has 1 aromatic heterocycles. The summed E-state index contributed by atoms with van der Waals surface area (Å²) in [5.74, 6) is 0.343. The average Bonchev–Trinajstić information content (AvgIpc) is 2.76. The van der Waals surface area contributed by atoms with Crippen molar-refractivity contribution in [3.8, 4) is 0 Å². The normalized spacial score (nSPS) is 12.2. The van der Waals surface area contributed by atoms with E-state index in [9.17, 15) is 14.7 Å². The highest BCUT2D eigenvalue weighted by Crippen LogP contribution is 2.27. The molecule has 8 heteroatoms. The molecule has 190 valence electrons. The Balaban J connectivity index is 3.03. The van der Waals surface area contributed by atoms with E-state index in [0.717, 1.165) is 38.5 Å². The van der Waals surface area contributed by atoms with Gasteiger partial charge in [0.15, 0.2) is 0 Å². The van der Waals surface area contributed by atoms with Crippen LogP contribution in [-0.4, -0.2) is 41.1 Å². The molecule has 2 amide bonds. The number of carbonyl (C=O) groups excluding carboxylic acids is 1. The summed E-state index contributed by atoms with van der Waals surface area (Å²) in [6.07, 6.45) is 10.3. The average molecular weight is 484 g/mol. The molecule has 1 aromatic rings. The Kier molecular flexibility index (Phi) is 15.2. The summed E-state index contributed by atoms with van der Waals surface area (Å²) in [6.45, 7) is 10.9. The van der Waals surface area contributed by atoms with Gasteiger partial charge in [0.25, 0.3) is 0 Å². The number of nitrogens with zero attached hydrogens (tertiary/aromatic N) is 2. The Morgan fingerprint density at radius 3 is 2.21 bits per heavy atom. The van der Waals surface area contributed by atoms with Crippen molar-refractivity contribution in [3.63, 3.8) is 0 Å². The summed E-state index contributed by atoms with van der Waals surface area (Å²) < 4.78 is 5.56. The molecular formula is C25H45N3O4S. The summed E-state index contributed by atoms with van der Waals surface area (Å²) in [6, 6.07) is -0.239. The molecule has 0 saturated heterocycles. The number of nitrogens with one attached hydrogen (secondary N) is 1. The fourth-order valence-corrected chi connectivity index (χ4v) is 4.50. The quantitative estimate of drug-likeness (QED) is 0.206. The van der Waals surface area contributed by atoms with Gasteiger partial charge in [-0.1, -0.05) is 79.1 Å². The van der Waals surface area contributed by atoms with Crippen molar-refractivity contribution in [2.45, 2.75) is 116 Å². The van der Waals surface area contributed by atoms with E-state index >= 15 is 0 Å². The third-order valence-corrected chi connectivity index (χ3v) is 6.62. The first-order valence-electron chi connectivity index (χ1n) is 12.7. The SMILES string of the molecule is CCCCCCCNC(=O)N(CCCCCCC)c1nc(SCC(C)O)c(C(C)C)c(=O)o1. The van der Waals surface area contributed by atoms with Gasteiger partial charge in [0, 0.05) is 18.8 Å². The minimum absolute atomic E-state index is 0.0384. The highest BCUT2D eigenvalue weighted by atomic mass is 32.2. The third-order valence-electron chi connectivity index (χ3n) is 5.39. The lowest BCUT2D eigenvalue weighted by molar-refractivity contribution is 0.220. The largest absolute Gasteiger partial charge is 0.393 e. The fraction of sp³-hybridized carbons (Fsp3) is 0.800. The van der Waals surface area contributed by atoms with Gasteiger partial charge in [0.05, 0.1) is 11.7 Å². The van der Waals surface area contributed by atoms with Gasteiger partial charge >= 0.3 is 17.7 Å². The van der Waals surface area contributed by atoms with E-state index in [0.29, 0.717) is 29.4 Å². The maximum absolute atomic E-state index is 13.0. The summed E-state index contributed by atoms with van der Waals surface area (Å²) in [5.41, 5.74) is 0.0232. The van der Waals surface area contributed by atoms with Gasteiger partial charge < -0.3 is 14.8 Å². The van der Waals surface area contributed by atoms with Crippen molar-refractivity contribution in [2.24, 2.45) is 0 Å². The van der Waals surface area contributed by atoms with Crippen LogP contribution in [0, 0.1) is 0 Å². The second-order valence-electron chi connectivity index (χ2n) is 9.03. The van der Waals surface area contributed by atoms with E-state index in [2.05, 4.69) is 24.1 Å². The molecule has 0 aliphatic heterocycles. The number of hydrogen-bond donors (Lipinski definition) is 2. The van der Waals surface area contributed by atoms with Gasteiger partial charge in [-0.25, -0.2) is 14.5 Å². The van der Waals surface area contributed by atoms with Gasteiger partial charge in [-0.05, 0) is 25.7 Å². The molecular weight excluding hydrogens is 438 g/mol. The molecule has 0 radical (unpaired) electrons. The number of carbonyl (C=O) groups is 1. The molecule has 0 aliphatic rings. The molecule has 0 aliphatic carbocycles. The molecule has 1 rings (SSSR count). The van der Waals surface area contributed by atoms with Gasteiger partial charge in [-0.2, -0.15) is 4.98 Å². The molecule has 0 saturated carbocycles. The molecule has 1 heterocycles. The van der Waals surface area contributed by atoms with E-state index < -0.39 is 11.7 Å². The van der Waals surface area contributed by atoms with Gasteiger partial charge in [-0.15, -0.1) is 11.8 Å². The number of unbranched alkanes of at least 4 members (excludes halogenated alkanes) is 8. The Morgan fingerprint density at radius 2 is 1.64 bits per heavy atom. The Hall–Kier alpha value is -1.54. The van der Waals surface area contributed by atoms with E-state index in [1.165, 1.54) is 42.3 Å². The van der Waals surface area contributed by atoms with E-state index in [-0.39, 0.29) is 18.0 Å². The predicted molar refractivity (Wildman–Crippen MR) is 138 cm³/mol. The lowest BCUT2D eigenvalue weighted by Crippen LogP contribution is -2.42. The van der Waals surface area contributed by atoms with Gasteiger partial charge in [0.1, 0.15) is 5.03 Å². The Bertz CT molecular complexity index is 737. The molecule has 7 nitrogen and oxygen atoms in total. The summed E-state index contributed by atoms with van der Waals surface area (Å²) in [4.78, 5) is 31.9. The van der Waals surface area contributed by atoms with E-state index in [1.54, 1.807) is 6.92 Å². The van der Waals surface area contributed by atoms with Crippen molar-refractivity contribution in [2.75, 3.05) is 23.7 Å². The first-order chi connectivity index (χ1) is 15.8. The number of aromatic nitrogens is 1. The van der Waals surface area contributed by atoms with Crippen molar-refractivity contribution in [1.82, 2.24) is 10.3 Å². The number of aliphatic hydroxyl groups is 1. The minimum atomic E-state index is -0.529. The number of rotatable bonds is 17. The van der Waals surface area contributed by atoms with Crippen LogP contribution >= 0.6 is 11.8 Å². The molecule has 1 atom stereocenters. The number of hydrogen-bond acceptors (Lipinski definition) is 6. The van der Waals surface area contributed by atoms with Crippen LogP contribution in [0.4, 0.5) is 10.8 Å². The zero-order valence-electron chi connectivity index (χ0n) is 21.3. The first kappa shape index (κ1) is 29.5. The van der Waals surface area contributed by atoms with Crippen LogP contribution < -0.4 is 15.8 Å². The monoisotopic (exact) mass is 483 g/mol. The van der Waals surface area contributed by atoms with Crippen molar-refractivity contribution in [1.29, 1.82) is 0 Å². The molecule has 33 heavy (non-hydrogen) atoms. The number of anilines is 1. The highest BCUT2D eigenvalue weighted by Gasteiger charge is 2.24. The topological polar surface area (TPSA) is 95.7 Å². The lowest BCUT2D eigenvalue weighted by Gasteiger charge is -2.22. The molecule has 0 fully saturated rings. The lowest BCUT2D eigenvalue weighted by atomic mass is 10.1. The summed E-state index contributed by atoms with van der Waals surface area (Å²) in [7, 11) is 0. The molecule has 2 N–H and O–H groups in total. The van der Waals surface area contributed by atoms with E-state index in [1.807, 2.05) is 13.8 Å². The smallest absolute Gasteiger partial charge is 0.344 e. The van der Waals surface area contributed by atoms with Gasteiger partial charge in [-0.3, -0.25) is 0 Å². The fourth-order valence-electron chi connectivity index (χ4n) is 3.48. The van der Waals surface area contributed by atoms with E-state index in [4.69, 9.17) is 4.42 Å². The number of urea groups is 1. The second-order valence-corrected chi connectivity index (χ2v) is 10.0. The molecule has 0 aromatic carbocycles. The van der Waals surface area contributed by atoms with Crippen LogP contribution in [0.25, 0.3) is 0 Å². The standard InChI is InChI=1S/C25H45N3O4S/c1-6-8-10-12-14-16-26-24(31)28(17-15-13-11-9-7-2)25-27-22(33-18-20(5)29)21(19(3)4)23(30)32-25/h19-20,29H,6-18H2,1-5H3,(H,26,31). The summed E-state index contributed by atoms with van der Waals surface area (Å²) >= 11 is 1.33. The van der Waals surface area contributed by atoms with Crippen LogP contribution in [0.3, 0.4) is 0 Å². The van der Waals surface area contributed by atoms with Crippen LogP contribution in [0.15, 0.2) is 14.2 Å². The highest BCUT2D eigenvalue weighted by molar-refractivity contribution is 7.99. The maximum Gasteiger partial charge on any atom is 0.344 e. The Morgan fingerprint density at radius 1 is 1.03 bits per heavy atom. The van der Waals surface area contributed by atoms with Crippen molar-refractivity contribution < 1.29 is 14.3 Å². The Labute approximate surface area is 204 Å². The number of thioether (sulfide) groups is 1. The first-order valence-corrected chi connectivity index (χ1v) is 13.7. The molecule has 0 spiro atoms. The van der Waals surface area contributed by atoms with Crippen molar-refractivity contribution in [3.05, 3.63) is 16.0 Å². The number of aliphatic hydroxyl groups excluding tert-OH is 1. The number of amides is 2. The predicted octanol–water partition coefficient (Wildman–Crippen LogP) is 6.09. The molecule has 0 bridgehead atoms. The van der Waals surface area contributed by atoms with Crippen molar-refractivity contribution >= 4 is 23.8 Å². The van der Waals surface area contributed by atoms with Crippen LogP contribution in [0.2, 0.25) is 0 Å². The summed E-state index contributed by atoms with van der Waals surface area (Å²) in [5, 5.41) is 13.2. The van der Waals surface area contributed by atoms with Gasteiger partial charge in [0.2, 0.25) is 0 Å². The molecule has 1 unspecified atom stereocenters. The third kappa shape index (κ3) is 11.4. The minimum Gasteiger partial charge on any atom is -0.393 e.